The van der Waals surface area contributed by atoms with Crippen LogP contribution in [-0.2, 0) is 0 Å². The molecule has 0 spiro atoms. The van der Waals surface area contributed by atoms with Crippen molar-refractivity contribution in [3.05, 3.63) is 58.7 Å². The third kappa shape index (κ3) is 5.11. The maximum Gasteiger partial charge on any atom is 0.171 e. The molecule has 1 aromatic carbocycles. The molecule has 108 valence electrons. The molecule has 0 aliphatic heterocycles. The average molecular weight is 274 g/mol. The molecule has 0 aliphatic carbocycles. The van der Waals surface area contributed by atoms with Crippen LogP contribution in [-0.4, -0.2) is 22.8 Å². The molecule has 1 rings (SSSR count). The topological polar surface area (TPSA) is 57.5 Å². The summed E-state index contributed by atoms with van der Waals surface area (Å²) in [5.74, 6) is 0.0339. The van der Waals surface area contributed by atoms with Gasteiger partial charge in [-0.3, -0.25) is 4.79 Å². The molecule has 0 saturated heterocycles. The molecule has 3 heteroatoms. The fraction of sp³-hybridized carbons (Fsp3) is 0.353. The summed E-state index contributed by atoms with van der Waals surface area (Å²) >= 11 is 0. The van der Waals surface area contributed by atoms with Crippen molar-refractivity contribution in [3.63, 3.8) is 0 Å². The minimum absolute atomic E-state index is 0.0339. The van der Waals surface area contributed by atoms with Gasteiger partial charge >= 0.3 is 0 Å². The highest BCUT2D eigenvalue weighted by molar-refractivity contribution is 5.75. The molecular weight excluding hydrogens is 252 g/mol. The Morgan fingerprint density at radius 2 is 1.95 bits per heavy atom. The third-order valence-electron chi connectivity index (χ3n) is 3.17. The molecule has 20 heavy (non-hydrogen) atoms. The predicted octanol–water partition coefficient (Wildman–Crippen LogP) is 3.20. The molecule has 0 aliphatic rings. The van der Waals surface area contributed by atoms with Crippen LogP contribution in [0.3, 0.4) is 0 Å². The van der Waals surface area contributed by atoms with E-state index in [2.05, 4.69) is 6.08 Å². The van der Waals surface area contributed by atoms with E-state index >= 15 is 0 Å². The first-order valence-corrected chi connectivity index (χ1v) is 6.67. The van der Waals surface area contributed by atoms with Crippen molar-refractivity contribution in [2.45, 2.75) is 39.4 Å². The van der Waals surface area contributed by atoms with E-state index in [1.807, 2.05) is 39.0 Å². The van der Waals surface area contributed by atoms with Crippen molar-refractivity contribution < 1.29 is 15.0 Å². The Hall–Kier alpha value is -1.71. The summed E-state index contributed by atoms with van der Waals surface area (Å²) in [6.07, 6.45) is 3.66. The number of aliphatic hydroxyl groups excluding tert-OH is 1. The number of carbonyl (C=O) groups excluding carboxylic acids is 1. The summed E-state index contributed by atoms with van der Waals surface area (Å²) in [7, 11) is 0. The number of hydrogen-bond acceptors (Lipinski definition) is 3. The largest absolute Gasteiger partial charge is 0.365 e. The number of allylic oxidation sites excluding steroid dienone is 3. The minimum atomic E-state index is -1.46. The highest BCUT2D eigenvalue weighted by Crippen LogP contribution is 2.29. The van der Waals surface area contributed by atoms with Gasteiger partial charge in [-0.15, -0.1) is 0 Å². The van der Waals surface area contributed by atoms with E-state index in [1.165, 1.54) is 11.6 Å². The fourth-order valence-electron chi connectivity index (χ4n) is 2.14. The SMILES string of the molecule is CC(C)=CCC(/C(C)=C/C(O)O)c1cccc(C=O)c1. The quantitative estimate of drug-likeness (QED) is 0.476. The number of aldehydes is 1. The van der Waals surface area contributed by atoms with Crippen molar-refractivity contribution in [1.82, 2.24) is 0 Å². The Kier molecular flexibility index (Phi) is 6.36. The highest BCUT2D eigenvalue weighted by atomic mass is 16.5. The first kappa shape index (κ1) is 16.3. The van der Waals surface area contributed by atoms with Gasteiger partial charge in [0.15, 0.2) is 6.29 Å². The van der Waals surface area contributed by atoms with Gasteiger partial charge in [0.1, 0.15) is 6.29 Å². The molecule has 2 N–H and O–H groups in total. The van der Waals surface area contributed by atoms with Gasteiger partial charge in [0.2, 0.25) is 0 Å². The van der Waals surface area contributed by atoms with Crippen molar-refractivity contribution in [2.24, 2.45) is 0 Å². The Balaban J connectivity index is 3.14. The van der Waals surface area contributed by atoms with Crippen LogP contribution in [0.25, 0.3) is 0 Å². The molecular formula is C17H22O3. The molecule has 0 radical (unpaired) electrons. The van der Waals surface area contributed by atoms with Gasteiger partial charge in [-0.1, -0.05) is 35.4 Å². The van der Waals surface area contributed by atoms with E-state index < -0.39 is 6.29 Å². The van der Waals surface area contributed by atoms with Crippen molar-refractivity contribution in [2.75, 3.05) is 0 Å². The average Bonchev–Trinajstić information content (AvgIpc) is 2.38. The number of benzene rings is 1. The van der Waals surface area contributed by atoms with E-state index in [9.17, 15) is 4.79 Å². The number of carbonyl (C=O) groups is 1. The molecule has 0 saturated carbocycles. The number of aliphatic hydroxyl groups is 2. The van der Waals surface area contributed by atoms with Crippen LogP contribution in [0.1, 0.15) is 49.0 Å². The highest BCUT2D eigenvalue weighted by Gasteiger charge is 2.14. The van der Waals surface area contributed by atoms with Crippen LogP contribution in [0.5, 0.6) is 0 Å². The second-order valence-electron chi connectivity index (χ2n) is 5.18. The lowest BCUT2D eigenvalue weighted by Gasteiger charge is -2.18. The maximum absolute atomic E-state index is 10.9. The van der Waals surface area contributed by atoms with Crippen LogP contribution < -0.4 is 0 Å². The van der Waals surface area contributed by atoms with E-state index in [0.717, 1.165) is 23.8 Å². The Labute approximate surface area is 120 Å². The summed E-state index contributed by atoms with van der Waals surface area (Å²) in [6, 6.07) is 7.40. The molecule has 1 atom stereocenters. The Morgan fingerprint density at radius 3 is 2.50 bits per heavy atom. The molecule has 0 heterocycles. The smallest absolute Gasteiger partial charge is 0.171 e. The Bertz CT molecular complexity index is 509. The molecule has 3 nitrogen and oxygen atoms in total. The summed E-state index contributed by atoms with van der Waals surface area (Å²) in [5, 5.41) is 18.2. The molecule has 0 amide bonds. The summed E-state index contributed by atoms with van der Waals surface area (Å²) in [4.78, 5) is 10.9. The van der Waals surface area contributed by atoms with Crippen LogP contribution in [0.2, 0.25) is 0 Å². The zero-order valence-electron chi connectivity index (χ0n) is 12.2. The van der Waals surface area contributed by atoms with Gasteiger partial charge in [0, 0.05) is 11.5 Å². The first-order chi connectivity index (χ1) is 9.43. The van der Waals surface area contributed by atoms with Crippen LogP contribution in [0.4, 0.5) is 0 Å². The van der Waals surface area contributed by atoms with Crippen LogP contribution >= 0.6 is 0 Å². The second-order valence-corrected chi connectivity index (χ2v) is 5.18. The molecule has 1 aromatic rings. The van der Waals surface area contributed by atoms with Gasteiger partial charge in [0.05, 0.1) is 0 Å². The molecule has 0 fully saturated rings. The van der Waals surface area contributed by atoms with Crippen molar-refractivity contribution in [1.29, 1.82) is 0 Å². The van der Waals surface area contributed by atoms with E-state index in [1.54, 1.807) is 6.07 Å². The zero-order valence-corrected chi connectivity index (χ0v) is 12.2. The number of hydrogen-bond donors (Lipinski definition) is 2. The second kappa shape index (κ2) is 7.78. The normalized spacial score (nSPS) is 13.2. The minimum Gasteiger partial charge on any atom is -0.365 e. The van der Waals surface area contributed by atoms with Crippen molar-refractivity contribution >= 4 is 6.29 Å². The van der Waals surface area contributed by atoms with Gasteiger partial charge < -0.3 is 10.2 Å². The summed E-state index contributed by atoms with van der Waals surface area (Å²) in [6.45, 7) is 5.92. The maximum atomic E-state index is 10.9. The molecule has 0 aromatic heterocycles. The Morgan fingerprint density at radius 1 is 1.25 bits per heavy atom. The van der Waals surface area contributed by atoms with Gasteiger partial charge in [-0.05, 0) is 44.9 Å². The lowest BCUT2D eigenvalue weighted by atomic mass is 9.87. The van der Waals surface area contributed by atoms with E-state index in [4.69, 9.17) is 10.2 Å². The first-order valence-electron chi connectivity index (χ1n) is 6.67. The fourth-order valence-corrected chi connectivity index (χ4v) is 2.14. The van der Waals surface area contributed by atoms with Crippen LogP contribution in [0.15, 0.2) is 47.6 Å². The zero-order chi connectivity index (χ0) is 15.1. The van der Waals surface area contributed by atoms with E-state index in [0.29, 0.717) is 5.56 Å². The van der Waals surface area contributed by atoms with Gasteiger partial charge in [0.25, 0.3) is 0 Å². The predicted molar refractivity (Wildman–Crippen MR) is 80.6 cm³/mol. The summed E-state index contributed by atoms with van der Waals surface area (Å²) < 4.78 is 0. The van der Waals surface area contributed by atoms with Crippen LogP contribution in [0, 0.1) is 0 Å². The number of rotatable bonds is 6. The van der Waals surface area contributed by atoms with Crippen molar-refractivity contribution in [3.8, 4) is 0 Å². The molecule has 0 bridgehead atoms. The standard InChI is InChI=1S/C17H22O3/c1-12(2)7-8-16(13(3)9-17(19)20)15-6-4-5-14(10-15)11-18/h4-7,9-11,16-17,19-20H,8H2,1-3H3/b13-9+. The molecule has 1 unspecified atom stereocenters. The van der Waals surface area contributed by atoms with Gasteiger partial charge in [-0.2, -0.15) is 0 Å². The third-order valence-corrected chi connectivity index (χ3v) is 3.17. The summed E-state index contributed by atoms with van der Waals surface area (Å²) in [5.41, 5.74) is 3.71. The monoisotopic (exact) mass is 274 g/mol. The van der Waals surface area contributed by atoms with E-state index in [-0.39, 0.29) is 5.92 Å². The lowest BCUT2D eigenvalue weighted by molar-refractivity contribution is 0.00152. The van der Waals surface area contributed by atoms with Gasteiger partial charge in [-0.25, -0.2) is 0 Å². The lowest BCUT2D eigenvalue weighted by Crippen LogP contribution is -2.06.